The van der Waals surface area contributed by atoms with Crippen molar-refractivity contribution < 1.29 is 9.53 Å². The highest BCUT2D eigenvalue weighted by molar-refractivity contribution is 5.47. The van der Waals surface area contributed by atoms with Gasteiger partial charge in [-0.3, -0.25) is 9.69 Å². The monoisotopic (exact) mass is 307 g/mol. The van der Waals surface area contributed by atoms with E-state index < -0.39 is 0 Å². The summed E-state index contributed by atoms with van der Waals surface area (Å²) in [7, 11) is 0. The van der Waals surface area contributed by atoms with E-state index in [2.05, 4.69) is 24.8 Å². The second-order valence-electron chi connectivity index (χ2n) is 5.43. The van der Waals surface area contributed by atoms with Gasteiger partial charge < -0.3 is 20.3 Å². The predicted molar refractivity (Wildman–Crippen MR) is 80.2 cm³/mol. The van der Waals surface area contributed by atoms with Crippen LogP contribution in [0.25, 0.3) is 0 Å². The minimum atomic E-state index is 0.248. The molecule has 1 aromatic heterocycles. The Hall–Kier alpha value is -2.00. The number of morpholine rings is 1. The third-order valence-corrected chi connectivity index (χ3v) is 3.90. The van der Waals surface area contributed by atoms with Crippen LogP contribution in [0.2, 0.25) is 0 Å². The SMILES string of the molecule is Nc1nc(CN2CCN(C=O)CC2)nc(N2CCOCC2)n1. The zero-order valence-electron chi connectivity index (χ0n) is 12.5. The average Bonchev–Trinajstić information content (AvgIpc) is 2.56. The zero-order chi connectivity index (χ0) is 15.4. The summed E-state index contributed by atoms with van der Waals surface area (Å²) in [6.45, 7) is 6.61. The number of nitrogens with zero attached hydrogens (tertiary/aromatic N) is 6. The first-order valence-electron chi connectivity index (χ1n) is 7.49. The first kappa shape index (κ1) is 14.9. The summed E-state index contributed by atoms with van der Waals surface area (Å²) >= 11 is 0. The minimum Gasteiger partial charge on any atom is -0.378 e. The van der Waals surface area contributed by atoms with E-state index in [0.29, 0.717) is 31.5 Å². The number of nitrogen functional groups attached to an aromatic ring is 1. The molecule has 2 aliphatic heterocycles. The lowest BCUT2D eigenvalue weighted by molar-refractivity contribution is -0.119. The summed E-state index contributed by atoms with van der Waals surface area (Å²) in [5, 5.41) is 0. The van der Waals surface area contributed by atoms with E-state index in [1.165, 1.54) is 0 Å². The Balaban J connectivity index is 1.66. The molecule has 22 heavy (non-hydrogen) atoms. The van der Waals surface area contributed by atoms with Crippen LogP contribution in [0.3, 0.4) is 0 Å². The highest BCUT2D eigenvalue weighted by atomic mass is 16.5. The van der Waals surface area contributed by atoms with Crippen LogP contribution in [-0.2, 0) is 16.1 Å². The van der Waals surface area contributed by atoms with E-state index in [1.807, 2.05) is 0 Å². The van der Waals surface area contributed by atoms with E-state index in [-0.39, 0.29) is 5.95 Å². The fourth-order valence-electron chi connectivity index (χ4n) is 2.63. The van der Waals surface area contributed by atoms with Gasteiger partial charge in [0.1, 0.15) is 5.82 Å². The van der Waals surface area contributed by atoms with Crippen LogP contribution in [0, 0.1) is 0 Å². The molecule has 1 amide bonds. The Morgan fingerprint density at radius 1 is 1.05 bits per heavy atom. The molecule has 0 saturated carbocycles. The van der Waals surface area contributed by atoms with Gasteiger partial charge in [-0.1, -0.05) is 0 Å². The van der Waals surface area contributed by atoms with Crippen molar-refractivity contribution in [1.29, 1.82) is 0 Å². The molecular weight excluding hydrogens is 286 g/mol. The lowest BCUT2D eigenvalue weighted by Gasteiger charge is -2.32. The first-order chi connectivity index (χ1) is 10.7. The van der Waals surface area contributed by atoms with Gasteiger partial charge in [0.05, 0.1) is 19.8 Å². The maximum absolute atomic E-state index is 10.7. The Kier molecular flexibility index (Phi) is 4.64. The molecule has 0 radical (unpaired) electrons. The molecule has 0 bridgehead atoms. The Bertz CT molecular complexity index is 513. The average molecular weight is 307 g/mol. The van der Waals surface area contributed by atoms with Crippen molar-refractivity contribution in [2.75, 3.05) is 63.1 Å². The molecule has 0 atom stereocenters. The number of carbonyl (C=O) groups excluding carboxylic acids is 1. The van der Waals surface area contributed by atoms with Crippen LogP contribution in [0.15, 0.2) is 0 Å². The minimum absolute atomic E-state index is 0.248. The molecule has 2 aliphatic rings. The molecular formula is C13H21N7O2. The Morgan fingerprint density at radius 3 is 2.45 bits per heavy atom. The molecule has 9 nitrogen and oxygen atoms in total. The smallest absolute Gasteiger partial charge is 0.230 e. The number of carbonyl (C=O) groups is 1. The van der Waals surface area contributed by atoms with E-state index in [0.717, 1.165) is 45.7 Å². The van der Waals surface area contributed by atoms with Gasteiger partial charge in [0.2, 0.25) is 18.3 Å². The zero-order valence-corrected chi connectivity index (χ0v) is 12.5. The largest absolute Gasteiger partial charge is 0.378 e. The molecule has 0 aliphatic carbocycles. The molecule has 2 saturated heterocycles. The number of anilines is 2. The van der Waals surface area contributed by atoms with Crippen molar-refractivity contribution in [3.8, 4) is 0 Å². The quantitative estimate of drug-likeness (QED) is 0.675. The molecule has 2 N–H and O–H groups in total. The van der Waals surface area contributed by atoms with Crippen molar-refractivity contribution in [3.63, 3.8) is 0 Å². The molecule has 9 heteroatoms. The molecule has 120 valence electrons. The van der Waals surface area contributed by atoms with Crippen LogP contribution in [0.1, 0.15) is 5.82 Å². The topological polar surface area (TPSA) is 101 Å². The lowest BCUT2D eigenvalue weighted by Crippen LogP contribution is -2.45. The van der Waals surface area contributed by atoms with Gasteiger partial charge >= 0.3 is 0 Å². The van der Waals surface area contributed by atoms with Crippen LogP contribution in [0.5, 0.6) is 0 Å². The second-order valence-corrected chi connectivity index (χ2v) is 5.43. The van der Waals surface area contributed by atoms with Crippen molar-refractivity contribution in [3.05, 3.63) is 5.82 Å². The maximum atomic E-state index is 10.7. The van der Waals surface area contributed by atoms with Crippen LogP contribution >= 0.6 is 0 Å². The van der Waals surface area contributed by atoms with Gasteiger partial charge in [0, 0.05) is 39.3 Å². The van der Waals surface area contributed by atoms with E-state index in [9.17, 15) is 4.79 Å². The van der Waals surface area contributed by atoms with Gasteiger partial charge in [0.15, 0.2) is 0 Å². The third kappa shape index (κ3) is 3.60. The van der Waals surface area contributed by atoms with Gasteiger partial charge in [-0.25, -0.2) is 0 Å². The normalized spacial score (nSPS) is 20.2. The fourth-order valence-corrected chi connectivity index (χ4v) is 2.63. The Morgan fingerprint density at radius 2 is 1.77 bits per heavy atom. The second kappa shape index (κ2) is 6.84. The summed E-state index contributed by atoms with van der Waals surface area (Å²) in [5.41, 5.74) is 5.82. The fraction of sp³-hybridized carbons (Fsp3) is 0.692. The van der Waals surface area contributed by atoms with Crippen LogP contribution < -0.4 is 10.6 Å². The van der Waals surface area contributed by atoms with Crippen molar-refractivity contribution in [2.24, 2.45) is 0 Å². The van der Waals surface area contributed by atoms with E-state index in [4.69, 9.17) is 10.5 Å². The summed E-state index contributed by atoms with van der Waals surface area (Å²) in [5.74, 6) is 1.55. The van der Waals surface area contributed by atoms with Crippen LogP contribution in [-0.4, -0.2) is 83.6 Å². The maximum Gasteiger partial charge on any atom is 0.230 e. The summed E-state index contributed by atoms with van der Waals surface area (Å²) in [6.07, 6.45) is 0.898. The van der Waals surface area contributed by atoms with Crippen molar-refractivity contribution >= 4 is 18.3 Å². The number of ether oxygens (including phenoxy) is 1. The first-order valence-corrected chi connectivity index (χ1v) is 7.49. The highest BCUT2D eigenvalue weighted by Crippen LogP contribution is 2.13. The summed E-state index contributed by atoms with van der Waals surface area (Å²) in [4.78, 5) is 29.8. The van der Waals surface area contributed by atoms with Gasteiger partial charge in [-0.15, -0.1) is 0 Å². The number of amides is 1. The van der Waals surface area contributed by atoms with Crippen molar-refractivity contribution in [1.82, 2.24) is 24.8 Å². The number of hydrogen-bond donors (Lipinski definition) is 1. The van der Waals surface area contributed by atoms with Crippen molar-refractivity contribution in [2.45, 2.75) is 6.54 Å². The lowest BCUT2D eigenvalue weighted by atomic mass is 10.3. The van der Waals surface area contributed by atoms with E-state index in [1.54, 1.807) is 4.90 Å². The number of aromatic nitrogens is 3. The molecule has 3 heterocycles. The molecule has 0 spiro atoms. The molecule has 0 unspecified atom stereocenters. The molecule has 3 rings (SSSR count). The molecule has 1 aromatic rings. The number of nitrogens with two attached hydrogens (primary N) is 1. The van der Waals surface area contributed by atoms with E-state index >= 15 is 0 Å². The number of hydrogen-bond acceptors (Lipinski definition) is 8. The molecule has 0 aromatic carbocycles. The highest BCUT2D eigenvalue weighted by Gasteiger charge is 2.19. The summed E-state index contributed by atoms with van der Waals surface area (Å²) < 4.78 is 5.34. The van der Waals surface area contributed by atoms with Crippen LogP contribution in [0.4, 0.5) is 11.9 Å². The third-order valence-electron chi connectivity index (χ3n) is 3.90. The Labute approximate surface area is 129 Å². The van der Waals surface area contributed by atoms with Gasteiger partial charge in [-0.2, -0.15) is 15.0 Å². The standard InChI is InChI=1S/C13H21N7O2/c14-12-15-11(9-18-1-3-19(10-21)4-2-18)16-13(17-12)20-5-7-22-8-6-20/h10H,1-9H2,(H2,14,15,16,17). The number of rotatable bonds is 4. The predicted octanol–water partition coefficient (Wildman–Crippen LogP) is -1.44. The van der Waals surface area contributed by atoms with Gasteiger partial charge in [-0.05, 0) is 0 Å². The molecule has 2 fully saturated rings. The number of piperazine rings is 1. The summed E-state index contributed by atoms with van der Waals surface area (Å²) in [6, 6.07) is 0. The van der Waals surface area contributed by atoms with Gasteiger partial charge in [0.25, 0.3) is 0 Å².